The van der Waals surface area contributed by atoms with Gasteiger partial charge in [-0.2, -0.15) is 27.1 Å². The lowest BCUT2D eigenvalue weighted by Gasteiger charge is -2.09. The number of alkyl halides is 3. The maximum atomic E-state index is 12.8. The van der Waals surface area contributed by atoms with Crippen molar-refractivity contribution in [1.29, 1.82) is 0 Å². The second-order valence-corrected chi connectivity index (χ2v) is 9.49. The van der Waals surface area contributed by atoms with Crippen molar-refractivity contribution in [2.24, 2.45) is 5.73 Å². The van der Waals surface area contributed by atoms with Gasteiger partial charge in [-0.25, -0.2) is 32.2 Å². The van der Waals surface area contributed by atoms with E-state index in [4.69, 9.17) is 15.6 Å². The number of carboxylic acids is 1. The van der Waals surface area contributed by atoms with Crippen LogP contribution in [0.25, 0.3) is 16.9 Å². The molecule has 0 saturated carbocycles. The fraction of sp³-hybridized carbons (Fsp3) is 0.238. The molecule has 0 radical (unpaired) electrons. The summed E-state index contributed by atoms with van der Waals surface area (Å²) in [7, 11) is -3.36. The molecule has 0 saturated heterocycles. The molecule has 0 bridgehead atoms. The van der Waals surface area contributed by atoms with Crippen LogP contribution < -0.4 is 11.4 Å². The maximum Gasteiger partial charge on any atom is 0.490 e. The highest BCUT2D eigenvalue weighted by atomic mass is 32.2. The number of benzene rings is 1. The molecular formula is C21H20F5N5O5S. The number of halogens is 5. The predicted molar refractivity (Wildman–Crippen MR) is 121 cm³/mol. The van der Waals surface area contributed by atoms with Gasteiger partial charge in [0.05, 0.1) is 11.4 Å². The van der Waals surface area contributed by atoms with Crippen LogP contribution >= 0.6 is 0 Å². The summed E-state index contributed by atoms with van der Waals surface area (Å²) in [6.45, 7) is 0.919. The fourth-order valence-corrected chi connectivity index (χ4v) is 3.52. The molecule has 0 atom stereocenters. The smallest absolute Gasteiger partial charge is 0.475 e. The van der Waals surface area contributed by atoms with E-state index < -0.39 is 40.3 Å². The van der Waals surface area contributed by atoms with Crippen molar-refractivity contribution < 1.29 is 40.3 Å². The molecule has 2 aromatic heterocycles. The first-order valence-electron chi connectivity index (χ1n) is 10.0. The van der Waals surface area contributed by atoms with Crippen LogP contribution in [-0.2, 0) is 21.2 Å². The second-order valence-electron chi connectivity index (χ2n) is 7.48. The zero-order valence-electron chi connectivity index (χ0n) is 19.2. The molecule has 37 heavy (non-hydrogen) atoms. The molecule has 3 rings (SSSR count). The van der Waals surface area contributed by atoms with Crippen molar-refractivity contribution in [1.82, 2.24) is 19.3 Å². The van der Waals surface area contributed by atoms with Crippen LogP contribution in [0.5, 0.6) is 0 Å². The van der Waals surface area contributed by atoms with E-state index in [9.17, 15) is 35.2 Å². The number of nitrogens with two attached hydrogens (primary N) is 1. The molecule has 3 N–H and O–H groups in total. The van der Waals surface area contributed by atoms with Crippen molar-refractivity contribution in [3.63, 3.8) is 0 Å². The number of nitrogens with zero attached hydrogens (tertiary/aromatic N) is 4. The first-order valence-corrected chi connectivity index (χ1v) is 11.9. The highest BCUT2D eigenvalue weighted by Gasteiger charge is 2.38. The minimum atomic E-state index is -5.08. The topological polar surface area (TPSA) is 150 Å². The molecule has 0 aliphatic heterocycles. The highest BCUT2D eigenvalue weighted by Crippen LogP contribution is 2.24. The fourth-order valence-electron chi connectivity index (χ4n) is 2.86. The molecule has 0 spiro atoms. The van der Waals surface area contributed by atoms with Crippen LogP contribution in [0.15, 0.2) is 64.2 Å². The van der Waals surface area contributed by atoms with Gasteiger partial charge < -0.3 is 10.8 Å². The SMILES string of the molecule is Cc1cc(-c2cccc(S(C)(=O)=O)c2)cnc1-n1cnn(CC(CN)=C(F)F)c1=O.O=C(O)C(F)(F)F. The summed E-state index contributed by atoms with van der Waals surface area (Å²) in [5.74, 6) is -2.47. The van der Waals surface area contributed by atoms with Gasteiger partial charge in [-0.1, -0.05) is 12.1 Å². The Balaban J connectivity index is 0.000000604. The molecule has 200 valence electrons. The average Bonchev–Trinajstić information content (AvgIpc) is 3.16. The Bertz CT molecular complexity index is 1490. The lowest BCUT2D eigenvalue weighted by Crippen LogP contribution is -2.27. The maximum absolute atomic E-state index is 12.8. The van der Waals surface area contributed by atoms with Crippen molar-refractivity contribution >= 4 is 15.8 Å². The largest absolute Gasteiger partial charge is 0.490 e. The Labute approximate surface area is 206 Å². The van der Waals surface area contributed by atoms with E-state index in [1.165, 1.54) is 18.6 Å². The number of hydrogen-bond acceptors (Lipinski definition) is 7. The Morgan fingerprint density at radius 3 is 2.27 bits per heavy atom. The summed E-state index contributed by atoms with van der Waals surface area (Å²) in [5, 5.41) is 11.0. The molecule has 3 aromatic rings. The summed E-state index contributed by atoms with van der Waals surface area (Å²) in [6, 6.07) is 8.19. The Hall–Kier alpha value is -3.92. The summed E-state index contributed by atoms with van der Waals surface area (Å²) < 4.78 is 83.0. The van der Waals surface area contributed by atoms with Gasteiger partial charge in [-0.15, -0.1) is 0 Å². The van der Waals surface area contributed by atoms with Crippen LogP contribution in [0.4, 0.5) is 22.0 Å². The molecule has 0 unspecified atom stereocenters. The lowest BCUT2D eigenvalue weighted by molar-refractivity contribution is -0.192. The van der Waals surface area contributed by atoms with E-state index in [0.29, 0.717) is 16.7 Å². The molecule has 1 aromatic carbocycles. The number of sulfone groups is 1. The second kappa shape index (κ2) is 11.4. The van der Waals surface area contributed by atoms with Gasteiger partial charge in [0, 0.05) is 30.1 Å². The summed E-state index contributed by atoms with van der Waals surface area (Å²) in [6.07, 6.45) is -3.19. The average molecular weight is 549 g/mol. The highest BCUT2D eigenvalue weighted by molar-refractivity contribution is 7.90. The van der Waals surface area contributed by atoms with Crippen molar-refractivity contribution in [2.45, 2.75) is 24.5 Å². The number of aryl methyl sites for hydroxylation is 1. The number of hydrogen-bond donors (Lipinski definition) is 2. The van der Waals surface area contributed by atoms with E-state index in [2.05, 4.69) is 10.1 Å². The van der Waals surface area contributed by atoms with E-state index in [1.54, 1.807) is 31.2 Å². The van der Waals surface area contributed by atoms with E-state index in [0.717, 1.165) is 15.5 Å². The van der Waals surface area contributed by atoms with Gasteiger partial charge >= 0.3 is 17.8 Å². The van der Waals surface area contributed by atoms with Crippen LogP contribution in [0.3, 0.4) is 0 Å². The predicted octanol–water partition coefficient (Wildman–Crippen LogP) is 2.55. The van der Waals surface area contributed by atoms with Gasteiger partial charge in [-0.05, 0) is 36.2 Å². The van der Waals surface area contributed by atoms with Crippen molar-refractivity contribution in [3.05, 3.63) is 70.6 Å². The zero-order valence-corrected chi connectivity index (χ0v) is 20.0. The monoisotopic (exact) mass is 549 g/mol. The van der Waals surface area contributed by atoms with Gasteiger partial charge in [0.2, 0.25) is 0 Å². The van der Waals surface area contributed by atoms with Crippen LogP contribution in [-0.4, -0.2) is 57.8 Å². The first kappa shape index (κ1) is 29.3. The number of carbonyl (C=O) groups is 1. The van der Waals surface area contributed by atoms with E-state index in [-0.39, 0.29) is 22.8 Å². The summed E-state index contributed by atoms with van der Waals surface area (Å²) >= 11 is 0. The van der Waals surface area contributed by atoms with Gasteiger partial charge in [0.15, 0.2) is 9.84 Å². The Morgan fingerprint density at radius 2 is 1.78 bits per heavy atom. The molecule has 16 heteroatoms. The van der Waals surface area contributed by atoms with Gasteiger partial charge in [0.25, 0.3) is 6.08 Å². The third-order valence-corrected chi connectivity index (χ3v) is 5.81. The normalized spacial score (nSPS) is 11.5. The number of aliphatic carboxylic acids is 1. The van der Waals surface area contributed by atoms with Crippen LogP contribution in [0.1, 0.15) is 5.56 Å². The summed E-state index contributed by atoms with van der Waals surface area (Å²) in [4.78, 5) is 25.9. The lowest BCUT2D eigenvalue weighted by atomic mass is 10.1. The quantitative estimate of drug-likeness (QED) is 0.446. The third kappa shape index (κ3) is 7.53. The van der Waals surface area contributed by atoms with E-state index >= 15 is 0 Å². The minimum Gasteiger partial charge on any atom is -0.475 e. The zero-order chi connectivity index (χ0) is 28.1. The molecule has 2 heterocycles. The molecule has 0 aliphatic carbocycles. The molecule has 10 nitrogen and oxygen atoms in total. The van der Waals surface area contributed by atoms with Crippen molar-refractivity contribution in [2.75, 3.05) is 12.8 Å². The standard InChI is InChI=1S/C19H19F2N5O3S.C2HF3O2/c1-12-6-14(13-4-3-5-16(7-13)30(2,28)29)9-23-18(12)25-11-24-26(19(25)27)10-15(8-22)17(20)21;3-2(4,5)1(6)7/h3-7,9,11H,8,10,22H2,1-2H3;(H,6,7). The number of aromatic nitrogens is 4. The third-order valence-electron chi connectivity index (χ3n) is 4.70. The number of pyridine rings is 1. The van der Waals surface area contributed by atoms with Crippen molar-refractivity contribution in [3.8, 4) is 16.9 Å². The molecule has 0 aliphatic rings. The summed E-state index contributed by atoms with van der Waals surface area (Å²) in [5.41, 5.74) is 6.20. The van der Waals surface area contributed by atoms with Gasteiger partial charge in [0.1, 0.15) is 12.1 Å². The number of carboxylic acid groups (broad SMARTS) is 1. The molecule has 0 amide bonds. The van der Waals surface area contributed by atoms with E-state index in [1.807, 2.05) is 0 Å². The Kier molecular flexibility index (Phi) is 9.05. The minimum absolute atomic E-state index is 0.183. The van der Waals surface area contributed by atoms with Crippen LogP contribution in [0, 0.1) is 6.92 Å². The van der Waals surface area contributed by atoms with Gasteiger partial charge in [-0.3, -0.25) is 0 Å². The molecule has 0 fully saturated rings. The molecular weight excluding hydrogens is 529 g/mol. The Morgan fingerprint density at radius 1 is 1.16 bits per heavy atom. The van der Waals surface area contributed by atoms with Crippen LogP contribution in [0.2, 0.25) is 0 Å². The number of rotatable bonds is 6. The first-order chi connectivity index (χ1) is 17.1.